The van der Waals surface area contributed by atoms with Crippen molar-refractivity contribution in [1.82, 2.24) is 4.72 Å². The summed E-state index contributed by atoms with van der Waals surface area (Å²) in [5, 5.41) is 0. The van der Waals surface area contributed by atoms with Crippen LogP contribution in [0.1, 0.15) is 19.3 Å². The summed E-state index contributed by atoms with van der Waals surface area (Å²) in [5.41, 5.74) is 0. The molecule has 0 radical (unpaired) electrons. The molecule has 0 aromatic heterocycles. The Kier molecular flexibility index (Phi) is 6.25. The van der Waals surface area contributed by atoms with Crippen LogP contribution in [0.15, 0.2) is 23.1 Å². The Labute approximate surface area is 128 Å². The van der Waals surface area contributed by atoms with E-state index >= 15 is 0 Å². The zero-order valence-electron chi connectivity index (χ0n) is 12.1. The summed E-state index contributed by atoms with van der Waals surface area (Å²) in [5.74, 6) is -1.79. The number of nitrogens with one attached hydrogen (secondary N) is 1. The maximum absolute atomic E-state index is 13.4. The Morgan fingerprint density at radius 2 is 2.18 bits per heavy atom. The van der Waals surface area contributed by atoms with Gasteiger partial charge in [0.25, 0.3) is 0 Å². The van der Waals surface area contributed by atoms with E-state index in [0.29, 0.717) is 25.7 Å². The molecule has 8 heteroatoms. The average Bonchev–Trinajstić information content (AvgIpc) is 2.98. The third kappa shape index (κ3) is 4.98. The summed E-state index contributed by atoms with van der Waals surface area (Å²) < 4.78 is 63.2. The molecule has 0 aliphatic carbocycles. The predicted molar refractivity (Wildman–Crippen MR) is 76.0 cm³/mol. The van der Waals surface area contributed by atoms with Crippen LogP contribution < -0.4 is 4.72 Å². The van der Waals surface area contributed by atoms with Crippen molar-refractivity contribution in [3.05, 3.63) is 29.8 Å². The SMILES string of the molecule is O=S(=O)(NCCCOCC1CCCO1)c1cc(F)ccc1F. The summed E-state index contributed by atoms with van der Waals surface area (Å²) in [6, 6.07) is 2.31. The van der Waals surface area contributed by atoms with Crippen LogP contribution in [0.2, 0.25) is 0 Å². The van der Waals surface area contributed by atoms with Crippen LogP contribution in [-0.4, -0.2) is 40.9 Å². The molecule has 0 amide bonds. The van der Waals surface area contributed by atoms with E-state index in [1.807, 2.05) is 0 Å². The molecule has 124 valence electrons. The Hall–Kier alpha value is -1.09. The zero-order valence-corrected chi connectivity index (χ0v) is 12.9. The smallest absolute Gasteiger partial charge is 0.243 e. The van der Waals surface area contributed by atoms with Crippen molar-refractivity contribution in [3.8, 4) is 0 Å². The molecular weight excluding hydrogens is 316 g/mol. The van der Waals surface area contributed by atoms with Gasteiger partial charge >= 0.3 is 0 Å². The fourth-order valence-electron chi connectivity index (χ4n) is 2.13. The second kappa shape index (κ2) is 7.96. The quantitative estimate of drug-likeness (QED) is 0.736. The van der Waals surface area contributed by atoms with Gasteiger partial charge in [0.15, 0.2) is 0 Å². The van der Waals surface area contributed by atoms with Gasteiger partial charge in [-0.05, 0) is 37.5 Å². The number of rotatable bonds is 8. The molecule has 1 N–H and O–H groups in total. The number of halogens is 2. The van der Waals surface area contributed by atoms with E-state index in [-0.39, 0.29) is 12.6 Å². The third-order valence-corrected chi connectivity index (χ3v) is 4.74. The fraction of sp³-hybridized carbons (Fsp3) is 0.571. The van der Waals surface area contributed by atoms with Crippen LogP contribution in [0.4, 0.5) is 8.78 Å². The highest BCUT2D eigenvalue weighted by Crippen LogP contribution is 2.15. The molecule has 1 atom stereocenters. The minimum absolute atomic E-state index is 0.0871. The zero-order chi connectivity index (χ0) is 16.0. The minimum atomic E-state index is -4.06. The molecule has 1 aromatic carbocycles. The number of ether oxygens (including phenoxy) is 2. The molecule has 1 aliphatic heterocycles. The molecule has 1 aliphatic rings. The average molecular weight is 335 g/mol. The van der Waals surface area contributed by atoms with Crippen molar-refractivity contribution in [2.75, 3.05) is 26.4 Å². The van der Waals surface area contributed by atoms with Gasteiger partial charge in [0, 0.05) is 19.8 Å². The predicted octanol–water partition coefficient (Wildman–Crippen LogP) is 1.83. The molecule has 1 saturated heterocycles. The normalized spacial score (nSPS) is 18.7. The largest absolute Gasteiger partial charge is 0.379 e. The molecule has 0 bridgehead atoms. The van der Waals surface area contributed by atoms with E-state index in [4.69, 9.17) is 9.47 Å². The maximum atomic E-state index is 13.4. The lowest BCUT2D eigenvalue weighted by molar-refractivity contribution is 0.0169. The minimum Gasteiger partial charge on any atom is -0.379 e. The van der Waals surface area contributed by atoms with Crippen molar-refractivity contribution in [1.29, 1.82) is 0 Å². The molecule has 1 heterocycles. The molecule has 0 saturated carbocycles. The third-order valence-electron chi connectivity index (χ3n) is 3.27. The van der Waals surface area contributed by atoms with Gasteiger partial charge in [-0.2, -0.15) is 0 Å². The Morgan fingerprint density at radius 3 is 2.91 bits per heavy atom. The second-order valence-electron chi connectivity index (χ2n) is 5.04. The van der Waals surface area contributed by atoms with Crippen LogP contribution in [0.3, 0.4) is 0 Å². The Bertz CT molecular complexity index is 589. The highest BCUT2D eigenvalue weighted by Gasteiger charge is 2.19. The monoisotopic (exact) mass is 335 g/mol. The van der Waals surface area contributed by atoms with E-state index in [9.17, 15) is 17.2 Å². The first-order valence-electron chi connectivity index (χ1n) is 7.13. The van der Waals surface area contributed by atoms with Crippen molar-refractivity contribution in [3.63, 3.8) is 0 Å². The van der Waals surface area contributed by atoms with Crippen molar-refractivity contribution < 1.29 is 26.7 Å². The van der Waals surface area contributed by atoms with E-state index < -0.39 is 26.6 Å². The lowest BCUT2D eigenvalue weighted by Crippen LogP contribution is -2.27. The first-order chi connectivity index (χ1) is 10.5. The number of sulfonamides is 1. The van der Waals surface area contributed by atoms with Gasteiger partial charge in [0.05, 0.1) is 12.7 Å². The molecule has 0 spiro atoms. The van der Waals surface area contributed by atoms with Crippen molar-refractivity contribution >= 4 is 10.0 Å². The Balaban J connectivity index is 1.72. The molecule has 22 heavy (non-hydrogen) atoms. The highest BCUT2D eigenvalue weighted by molar-refractivity contribution is 7.89. The van der Waals surface area contributed by atoms with Gasteiger partial charge in [-0.25, -0.2) is 21.9 Å². The van der Waals surface area contributed by atoms with Crippen LogP contribution in [-0.2, 0) is 19.5 Å². The second-order valence-corrected chi connectivity index (χ2v) is 6.77. The lowest BCUT2D eigenvalue weighted by Gasteiger charge is -2.10. The number of hydrogen-bond donors (Lipinski definition) is 1. The lowest BCUT2D eigenvalue weighted by atomic mass is 10.2. The van der Waals surface area contributed by atoms with Gasteiger partial charge in [-0.3, -0.25) is 0 Å². The molecule has 1 aromatic rings. The molecule has 1 unspecified atom stereocenters. The van der Waals surface area contributed by atoms with Crippen LogP contribution in [0, 0.1) is 11.6 Å². The maximum Gasteiger partial charge on any atom is 0.243 e. The molecule has 5 nitrogen and oxygen atoms in total. The molecule has 1 fully saturated rings. The van der Waals surface area contributed by atoms with Crippen LogP contribution in [0.5, 0.6) is 0 Å². The topological polar surface area (TPSA) is 64.6 Å². The molecule has 2 rings (SSSR count). The van der Waals surface area contributed by atoms with Gasteiger partial charge in [-0.15, -0.1) is 0 Å². The number of benzene rings is 1. The van der Waals surface area contributed by atoms with Crippen LogP contribution >= 0.6 is 0 Å². The van der Waals surface area contributed by atoms with E-state index in [0.717, 1.165) is 31.6 Å². The summed E-state index contributed by atoms with van der Waals surface area (Å²) in [6.45, 7) is 1.70. The van der Waals surface area contributed by atoms with Gasteiger partial charge in [0.1, 0.15) is 16.5 Å². The van der Waals surface area contributed by atoms with Crippen LogP contribution in [0.25, 0.3) is 0 Å². The summed E-state index contributed by atoms with van der Waals surface area (Å²) >= 11 is 0. The molecular formula is C14H19F2NO4S. The highest BCUT2D eigenvalue weighted by atomic mass is 32.2. The van der Waals surface area contributed by atoms with Gasteiger partial charge < -0.3 is 9.47 Å². The van der Waals surface area contributed by atoms with E-state index in [2.05, 4.69) is 4.72 Å². The number of hydrogen-bond acceptors (Lipinski definition) is 4. The Morgan fingerprint density at radius 1 is 1.36 bits per heavy atom. The fourth-order valence-corrected chi connectivity index (χ4v) is 3.29. The van der Waals surface area contributed by atoms with Crippen molar-refractivity contribution in [2.45, 2.75) is 30.3 Å². The summed E-state index contributed by atoms with van der Waals surface area (Å²) in [4.78, 5) is -0.687. The first-order valence-corrected chi connectivity index (χ1v) is 8.61. The van der Waals surface area contributed by atoms with E-state index in [1.165, 1.54) is 0 Å². The van der Waals surface area contributed by atoms with E-state index in [1.54, 1.807) is 0 Å². The standard InChI is InChI=1S/C14H19F2NO4S/c15-11-4-5-13(16)14(9-11)22(18,19)17-6-2-7-20-10-12-3-1-8-21-12/h4-5,9,12,17H,1-3,6-8,10H2. The summed E-state index contributed by atoms with van der Waals surface area (Å²) in [7, 11) is -4.06. The summed E-state index contributed by atoms with van der Waals surface area (Å²) in [6.07, 6.45) is 2.57. The van der Waals surface area contributed by atoms with Crippen molar-refractivity contribution in [2.24, 2.45) is 0 Å². The van der Waals surface area contributed by atoms with Gasteiger partial charge in [0.2, 0.25) is 10.0 Å². The first kappa shape index (κ1) is 17.3. The van der Waals surface area contributed by atoms with Gasteiger partial charge in [-0.1, -0.05) is 0 Å².